The molecule has 0 radical (unpaired) electrons. The van der Waals surface area contributed by atoms with Gasteiger partial charge in [0.1, 0.15) is 5.01 Å². The number of pyridine rings is 1. The van der Waals surface area contributed by atoms with Crippen molar-refractivity contribution in [2.24, 2.45) is 0 Å². The van der Waals surface area contributed by atoms with Crippen LogP contribution < -0.4 is 5.32 Å². The monoisotopic (exact) mass is 357 g/mol. The van der Waals surface area contributed by atoms with Crippen LogP contribution in [-0.4, -0.2) is 15.9 Å². The first-order chi connectivity index (χ1) is 11.6. The number of nitrogens with zero attached hydrogens (tertiary/aromatic N) is 2. The van der Waals surface area contributed by atoms with E-state index in [0.717, 1.165) is 22.0 Å². The topological polar surface area (TPSA) is 54.9 Å². The summed E-state index contributed by atoms with van der Waals surface area (Å²) in [7, 11) is 0. The minimum absolute atomic E-state index is 0.0831. The van der Waals surface area contributed by atoms with Gasteiger partial charge in [-0.05, 0) is 30.7 Å². The minimum Gasteiger partial charge on any atom is -0.349 e. The fraction of sp³-hybridized carbons (Fsp3) is 0.167. The summed E-state index contributed by atoms with van der Waals surface area (Å²) in [6.45, 7) is 1.92. The van der Waals surface area contributed by atoms with Crippen LogP contribution in [-0.2, 0) is 11.2 Å². The van der Waals surface area contributed by atoms with E-state index in [1.165, 1.54) is 11.3 Å². The third-order valence-corrected chi connectivity index (χ3v) is 4.78. The first-order valence-corrected chi connectivity index (χ1v) is 8.79. The van der Waals surface area contributed by atoms with Crippen molar-refractivity contribution in [2.75, 3.05) is 0 Å². The van der Waals surface area contributed by atoms with E-state index >= 15 is 0 Å². The van der Waals surface area contributed by atoms with Crippen molar-refractivity contribution in [2.45, 2.75) is 19.4 Å². The lowest BCUT2D eigenvalue weighted by Gasteiger charge is -2.15. The van der Waals surface area contributed by atoms with Crippen molar-refractivity contribution < 1.29 is 4.79 Å². The van der Waals surface area contributed by atoms with Crippen molar-refractivity contribution in [3.63, 3.8) is 0 Å². The number of benzene rings is 1. The Labute approximate surface area is 149 Å². The zero-order chi connectivity index (χ0) is 16.9. The predicted molar refractivity (Wildman–Crippen MR) is 97.1 cm³/mol. The van der Waals surface area contributed by atoms with Gasteiger partial charge in [0.2, 0.25) is 5.91 Å². The Morgan fingerprint density at radius 2 is 2.04 bits per heavy atom. The van der Waals surface area contributed by atoms with Gasteiger partial charge in [-0.15, -0.1) is 11.3 Å². The minimum atomic E-state index is -0.153. The van der Waals surface area contributed by atoms with Gasteiger partial charge in [-0.1, -0.05) is 35.9 Å². The van der Waals surface area contributed by atoms with Gasteiger partial charge < -0.3 is 5.32 Å². The SMILES string of the molecule is C[C@@H](NC(=O)Cc1csc(-c2ccccn2)n1)c1ccccc1Cl. The van der Waals surface area contributed by atoms with Crippen molar-refractivity contribution in [3.05, 3.63) is 70.3 Å². The van der Waals surface area contributed by atoms with Gasteiger partial charge in [-0.2, -0.15) is 0 Å². The number of amides is 1. The number of aromatic nitrogens is 2. The van der Waals surface area contributed by atoms with Gasteiger partial charge in [0, 0.05) is 16.6 Å². The zero-order valence-electron chi connectivity index (χ0n) is 13.1. The zero-order valence-corrected chi connectivity index (χ0v) is 14.6. The van der Waals surface area contributed by atoms with Crippen LogP contribution in [0.2, 0.25) is 5.02 Å². The van der Waals surface area contributed by atoms with Gasteiger partial charge in [0.05, 0.1) is 23.9 Å². The van der Waals surface area contributed by atoms with Crippen LogP contribution in [0.25, 0.3) is 10.7 Å². The van der Waals surface area contributed by atoms with E-state index in [1.54, 1.807) is 6.20 Å². The maximum atomic E-state index is 12.2. The first-order valence-electron chi connectivity index (χ1n) is 7.53. The molecule has 1 atom stereocenters. The largest absolute Gasteiger partial charge is 0.349 e. The maximum absolute atomic E-state index is 12.2. The average Bonchev–Trinajstić information content (AvgIpc) is 3.04. The number of carbonyl (C=O) groups excluding carboxylic acids is 1. The number of carbonyl (C=O) groups is 1. The fourth-order valence-electron chi connectivity index (χ4n) is 2.36. The van der Waals surface area contributed by atoms with Crippen LogP contribution >= 0.6 is 22.9 Å². The van der Waals surface area contributed by atoms with E-state index in [4.69, 9.17) is 11.6 Å². The van der Waals surface area contributed by atoms with Gasteiger partial charge >= 0.3 is 0 Å². The number of rotatable bonds is 5. The molecule has 0 spiro atoms. The predicted octanol–water partition coefficient (Wildman–Crippen LogP) is 4.28. The molecule has 0 saturated carbocycles. The van der Waals surface area contributed by atoms with Crippen LogP contribution in [0.15, 0.2) is 54.0 Å². The summed E-state index contributed by atoms with van der Waals surface area (Å²) in [6.07, 6.45) is 1.96. The number of hydrogen-bond acceptors (Lipinski definition) is 4. The van der Waals surface area contributed by atoms with E-state index in [-0.39, 0.29) is 18.4 Å². The Bertz CT molecular complexity index is 835. The normalized spacial score (nSPS) is 11.9. The van der Waals surface area contributed by atoms with Crippen molar-refractivity contribution >= 4 is 28.8 Å². The van der Waals surface area contributed by atoms with Crippen molar-refractivity contribution in [1.29, 1.82) is 0 Å². The lowest BCUT2D eigenvalue weighted by molar-refractivity contribution is -0.121. The molecule has 1 amide bonds. The molecule has 1 aromatic carbocycles. The smallest absolute Gasteiger partial charge is 0.226 e. The molecule has 3 rings (SSSR count). The van der Waals surface area contributed by atoms with E-state index in [9.17, 15) is 4.79 Å². The van der Waals surface area contributed by atoms with Crippen LogP contribution in [0, 0.1) is 0 Å². The fourth-order valence-corrected chi connectivity index (χ4v) is 3.45. The quantitative estimate of drug-likeness (QED) is 0.741. The number of hydrogen-bond donors (Lipinski definition) is 1. The van der Waals surface area contributed by atoms with Gasteiger partial charge in [0.15, 0.2) is 0 Å². The molecule has 6 heteroatoms. The summed E-state index contributed by atoms with van der Waals surface area (Å²) < 4.78 is 0. The molecule has 0 unspecified atom stereocenters. The molecule has 0 saturated heterocycles. The highest BCUT2D eigenvalue weighted by Crippen LogP contribution is 2.23. The summed E-state index contributed by atoms with van der Waals surface area (Å²) in [6, 6.07) is 13.0. The standard InChI is InChI=1S/C18H16ClN3OS/c1-12(14-6-2-3-7-15(14)19)21-17(23)10-13-11-24-18(22-13)16-8-4-5-9-20-16/h2-9,11-12H,10H2,1H3,(H,21,23)/t12-/m1/s1. The molecule has 0 bridgehead atoms. The lowest BCUT2D eigenvalue weighted by Crippen LogP contribution is -2.28. The molecule has 24 heavy (non-hydrogen) atoms. The molecule has 1 N–H and O–H groups in total. The van der Waals surface area contributed by atoms with Crippen molar-refractivity contribution in [1.82, 2.24) is 15.3 Å². The highest BCUT2D eigenvalue weighted by molar-refractivity contribution is 7.13. The summed E-state index contributed by atoms with van der Waals surface area (Å²) in [5.41, 5.74) is 2.46. The highest BCUT2D eigenvalue weighted by Gasteiger charge is 2.14. The van der Waals surface area contributed by atoms with E-state index in [2.05, 4.69) is 15.3 Å². The summed E-state index contributed by atoms with van der Waals surface area (Å²) in [4.78, 5) is 21.0. The summed E-state index contributed by atoms with van der Waals surface area (Å²) in [5.74, 6) is -0.0831. The molecule has 0 aliphatic carbocycles. The molecule has 2 aromatic heterocycles. The molecular weight excluding hydrogens is 342 g/mol. The van der Waals surface area contributed by atoms with E-state index < -0.39 is 0 Å². The summed E-state index contributed by atoms with van der Waals surface area (Å²) >= 11 is 7.65. The number of thiazole rings is 1. The molecule has 0 aliphatic rings. The third-order valence-electron chi connectivity index (χ3n) is 3.53. The van der Waals surface area contributed by atoms with Crippen molar-refractivity contribution in [3.8, 4) is 10.7 Å². The van der Waals surface area contributed by atoms with Gasteiger partial charge in [0.25, 0.3) is 0 Å². The van der Waals surface area contributed by atoms with E-state index in [0.29, 0.717) is 5.02 Å². The van der Waals surface area contributed by atoms with Crippen LogP contribution in [0.1, 0.15) is 24.2 Å². The average molecular weight is 358 g/mol. The Balaban J connectivity index is 1.63. The molecule has 4 nitrogen and oxygen atoms in total. The Morgan fingerprint density at radius 3 is 2.79 bits per heavy atom. The third kappa shape index (κ3) is 3.99. The van der Waals surface area contributed by atoms with E-state index in [1.807, 2.05) is 54.8 Å². The molecule has 3 aromatic rings. The maximum Gasteiger partial charge on any atom is 0.226 e. The van der Waals surface area contributed by atoms with Crippen LogP contribution in [0.3, 0.4) is 0 Å². The number of halogens is 1. The van der Waals surface area contributed by atoms with Gasteiger partial charge in [-0.25, -0.2) is 4.98 Å². The molecule has 2 heterocycles. The second-order valence-corrected chi connectivity index (χ2v) is 6.61. The van der Waals surface area contributed by atoms with Crippen LogP contribution in [0.5, 0.6) is 0 Å². The molecule has 122 valence electrons. The second-order valence-electron chi connectivity index (χ2n) is 5.35. The van der Waals surface area contributed by atoms with Crippen LogP contribution in [0.4, 0.5) is 0 Å². The number of nitrogens with one attached hydrogen (secondary N) is 1. The Kier molecular flexibility index (Phi) is 5.23. The second kappa shape index (κ2) is 7.55. The van der Waals surface area contributed by atoms with Gasteiger partial charge in [-0.3, -0.25) is 9.78 Å². The summed E-state index contributed by atoms with van der Waals surface area (Å²) in [5, 5.41) is 6.32. The highest BCUT2D eigenvalue weighted by atomic mass is 35.5. The molecule has 0 aliphatic heterocycles. The lowest BCUT2D eigenvalue weighted by atomic mass is 10.1. The Morgan fingerprint density at radius 1 is 1.25 bits per heavy atom. The first kappa shape index (κ1) is 16.6. The Hall–Kier alpha value is -2.24. The molecule has 0 fully saturated rings. The molecular formula is C18H16ClN3OS.